The highest BCUT2D eigenvalue weighted by atomic mass is 15.2. The Kier molecular flexibility index (Phi) is 6.84. The Morgan fingerprint density at radius 2 is 0.775 bits per heavy atom. The van der Waals surface area contributed by atoms with Crippen molar-refractivity contribution in [3.63, 3.8) is 0 Å². The van der Waals surface area contributed by atoms with Gasteiger partial charge in [-0.1, -0.05) is 72.8 Å². The van der Waals surface area contributed by atoms with Crippen LogP contribution in [0.1, 0.15) is 22.3 Å². The van der Waals surface area contributed by atoms with Crippen LogP contribution in [0.4, 0.5) is 34.1 Å². The maximum absolute atomic E-state index is 2.40. The van der Waals surface area contributed by atoms with Gasteiger partial charge in [-0.05, 0) is 116 Å². The monoisotopic (exact) mass is 518 g/mol. The summed E-state index contributed by atoms with van der Waals surface area (Å²) in [4.78, 5) is 4.77. The largest absolute Gasteiger partial charge is 0.310 e. The molecule has 2 nitrogen and oxygen atoms in total. The van der Waals surface area contributed by atoms with Crippen molar-refractivity contribution < 1.29 is 0 Å². The smallest absolute Gasteiger partial charge is 0.0560 e. The van der Waals surface area contributed by atoms with Gasteiger partial charge in [0.1, 0.15) is 0 Å². The van der Waals surface area contributed by atoms with Gasteiger partial charge < -0.3 is 9.80 Å². The van der Waals surface area contributed by atoms with Gasteiger partial charge in [-0.15, -0.1) is 0 Å². The van der Waals surface area contributed by atoms with Gasteiger partial charge in [0.25, 0.3) is 0 Å². The predicted octanol–water partition coefficient (Wildman–Crippen LogP) is 11.0. The molecule has 0 saturated heterocycles. The van der Waals surface area contributed by atoms with Crippen molar-refractivity contribution in [2.24, 2.45) is 0 Å². The third-order valence-corrected chi connectivity index (χ3v) is 7.36. The lowest BCUT2D eigenvalue weighted by Gasteiger charge is -2.31. The number of aryl methyl sites for hydroxylation is 4. The Labute approximate surface area is 237 Å². The van der Waals surface area contributed by atoms with E-state index >= 15 is 0 Å². The zero-order valence-corrected chi connectivity index (χ0v) is 23.6. The molecule has 0 aliphatic heterocycles. The van der Waals surface area contributed by atoms with Gasteiger partial charge in [0.05, 0.1) is 5.69 Å². The van der Waals surface area contributed by atoms with Gasteiger partial charge in [0, 0.05) is 33.8 Å². The number of rotatable bonds is 6. The van der Waals surface area contributed by atoms with Gasteiger partial charge in [-0.2, -0.15) is 0 Å². The predicted molar refractivity (Wildman–Crippen MR) is 172 cm³/mol. The Balaban J connectivity index is 1.66. The Morgan fingerprint density at radius 3 is 1.23 bits per heavy atom. The first-order valence-corrected chi connectivity index (χ1v) is 13.9. The average Bonchev–Trinajstić information content (AvgIpc) is 2.94. The molecular weight excluding hydrogens is 484 g/mol. The summed E-state index contributed by atoms with van der Waals surface area (Å²) >= 11 is 0. The molecular formula is C38H34N2. The van der Waals surface area contributed by atoms with Crippen LogP contribution in [0.3, 0.4) is 0 Å². The van der Waals surface area contributed by atoms with Crippen molar-refractivity contribution in [2.45, 2.75) is 27.7 Å². The fourth-order valence-corrected chi connectivity index (χ4v) is 5.53. The topological polar surface area (TPSA) is 6.48 Å². The van der Waals surface area contributed by atoms with Crippen LogP contribution in [-0.2, 0) is 0 Å². The summed E-state index contributed by atoms with van der Waals surface area (Å²) in [6.07, 6.45) is 0. The lowest BCUT2D eigenvalue weighted by Crippen LogP contribution is -2.14. The minimum absolute atomic E-state index is 1.12. The number of anilines is 6. The molecule has 0 aliphatic rings. The summed E-state index contributed by atoms with van der Waals surface area (Å²) in [7, 11) is 0. The highest BCUT2D eigenvalue weighted by molar-refractivity contribution is 6.02. The quantitative estimate of drug-likeness (QED) is 0.216. The Bertz CT molecular complexity index is 1730. The van der Waals surface area contributed by atoms with Crippen molar-refractivity contribution >= 4 is 44.9 Å². The number of hydrogen-bond acceptors (Lipinski definition) is 2. The third kappa shape index (κ3) is 5.09. The molecule has 0 N–H and O–H groups in total. The molecule has 0 fully saturated rings. The van der Waals surface area contributed by atoms with Gasteiger partial charge in [-0.3, -0.25) is 0 Å². The van der Waals surface area contributed by atoms with Gasteiger partial charge in [0.2, 0.25) is 0 Å². The van der Waals surface area contributed by atoms with Crippen LogP contribution < -0.4 is 9.80 Å². The van der Waals surface area contributed by atoms with Crippen LogP contribution in [0.15, 0.2) is 133 Å². The highest BCUT2D eigenvalue weighted by Gasteiger charge is 2.20. The van der Waals surface area contributed by atoms with Crippen LogP contribution >= 0.6 is 0 Å². The van der Waals surface area contributed by atoms with Crippen LogP contribution in [0, 0.1) is 27.7 Å². The normalized spacial score (nSPS) is 11.0. The van der Waals surface area contributed by atoms with E-state index in [9.17, 15) is 0 Å². The maximum atomic E-state index is 2.40. The number of nitrogens with zero attached hydrogens (tertiary/aromatic N) is 2. The van der Waals surface area contributed by atoms with E-state index in [2.05, 4.69) is 171 Å². The SMILES string of the molecule is Cc1cccc(N(c2cccc(C)c2)c2cc(N(c3cccc(C)c3)c3cccc(C)c3)c3ccccc3c2)c1. The molecule has 0 bridgehead atoms. The molecule has 0 heterocycles. The van der Waals surface area contributed by atoms with E-state index in [1.54, 1.807) is 0 Å². The lowest BCUT2D eigenvalue weighted by molar-refractivity contribution is 1.24. The molecule has 0 aliphatic carbocycles. The van der Waals surface area contributed by atoms with Crippen LogP contribution in [0.5, 0.6) is 0 Å². The summed E-state index contributed by atoms with van der Waals surface area (Å²) in [5.74, 6) is 0. The van der Waals surface area contributed by atoms with Gasteiger partial charge in [-0.25, -0.2) is 0 Å². The standard InChI is InChI=1S/C38H34N2/c1-27-11-7-16-32(21-27)39(33-17-8-12-28(2)22-33)36-25-31-15-5-6-20-37(31)38(26-36)40(34-18-9-13-29(3)23-34)35-19-10-14-30(4)24-35/h5-26H,1-4H3. The fraction of sp³-hybridized carbons (Fsp3) is 0.105. The third-order valence-electron chi connectivity index (χ3n) is 7.36. The molecule has 196 valence electrons. The number of benzene rings is 6. The summed E-state index contributed by atoms with van der Waals surface area (Å²) < 4.78 is 0. The first kappa shape index (κ1) is 25.5. The second kappa shape index (κ2) is 10.7. The van der Waals surface area contributed by atoms with Crippen molar-refractivity contribution in [1.82, 2.24) is 0 Å². The summed E-state index contributed by atoms with van der Waals surface area (Å²) in [5.41, 5.74) is 11.8. The molecule has 0 atom stereocenters. The van der Waals surface area contributed by atoms with E-state index in [1.165, 1.54) is 33.0 Å². The second-order valence-corrected chi connectivity index (χ2v) is 10.7. The van der Waals surface area contributed by atoms with E-state index in [0.717, 1.165) is 34.1 Å². The van der Waals surface area contributed by atoms with Crippen molar-refractivity contribution in [3.8, 4) is 0 Å². The van der Waals surface area contributed by atoms with Gasteiger partial charge in [0.15, 0.2) is 0 Å². The number of hydrogen-bond donors (Lipinski definition) is 0. The molecule has 6 aromatic rings. The Morgan fingerprint density at radius 1 is 0.350 bits per heavy atom. The second-order valence-electron chi connectivity index (χ2n) is 10.7. The summed E-state index contributed by atoms with van der Waals surface area (Å²) in [6, 6.07) is 48.4. The first-order chi connectivity index (χ1) is 19.5. The van der Waals surface area contributed by atoms with Crippen molar-refractivity contribution in [1.29, 1.82) is 0 Å². The molecule has 0 unspecified atom stereocenters. The van der Waals surface area contributed by atoms with Crippen LogP contribution in [-0.4, -0.2) is 0 Å². The van der Waals surface area contributed by atoms with E-state index in [0.29, 0.717) is 0 Å². The number of fused-ring (bicyclic) bond motifs is 1. The van der Waals surface area contributed by atoms with E-state index in [-0.39, 0.29) is 0 Å². The zero-order chi connectivity index (χ0) is 27.6. The molecule has 6 rings (SSSR count). The van der Waals surface area contributed by atoms with Crippen LogP contribution in [0.25, 0.3) is 10.8 Å². The molecule has 0 aromatic heterocycles. The molecule has 0 radical (unpaired) electrons. The first-order valence-electron chi connectivity index (χ1n) is 13.9. The maximum Gasteiger partial charge on any atom is 0.0560 e. The molecule has 0 saturated carbocycles. The minimum Gasteiger partial charge on any atom is -0.310 e. The molecule has 6 aromatic carbocycles. The van der Waals surface area contributed by atoms with Crippen LogP contribution in [0.2, 0.25) is 0 Å². The van der Waals surface area contributed by atoms with E-state index < -0.39 is 0 Å². The van der Waals surface area contributed by atoms with E-state index in [4.69, 9.17) is 0 Å². The highest BCUT2D eigenvalue weighted by Crippen LogP contribution is 2.44. The Hall–Kier alpha value is -4.82. The minimum atomic E-state index is 1.12. The average molecular weight is 519 g/mol. The molecule has 40 heavy (non-hydrogen) atoms. The fourth-order valence-electron chi connectivity index (χ4n) is 5.53. The molecule has 0 spiro atoms. The van der Waals surface area contributed by atoms with E-state index in [1.807, 2.05) is 0 Å². The zero-order valence-electron chi connectivity index (χ0n) is 23.6. The van der Waals surface area contributed by atoms with Crippen molar-refractivity contribution in [3.05, 3.63) is 156 Å². The molecule has 0 amide bonds. The van der Waals surface area contributed by atoms with Crippen molar-refractivity contribution in [2.75, 3.05) is 9.80 Å². The van der Waals surface area contributed by atoms with Gasteiger partial charge >= 0.3 is 0 Å². The molecule has 2 heteroatoms. The summed E-state index contributed by atoms with van der Waals surface area (Å²) in [6.45, 7) is 8.62. The summed E-state index contributed by atoms with van der Waals surface area (Å²) in [5, 5.41) is 2.41. The lowest BCUT2D eigenvalue weighted by atomic mass is 10.0.